The van der Waals surface area contributed by atoms with Crippen molar-refractivity contribution in [1.29, 1.82) is 0 Å². The van der Waals surface area contributed by atoms with Gasteiger partial charge in [0.25, 0.3) is 5.91 Å². The van der Waals surface area contributed by atoms with Crippen LogP contribution in [0.1, 0.15) is 29.7 Å². The Bertz CT molecular complexity index is 494. The Morgan fingerprint density at radius 3 is 2.80 bits per heavy atom. The number of nitrogens with one attached hydrogen (secondary N) is 1. The second kappa shape index (κ2) is 7.93. The molecule has 0 atom stereocenters. The zero-order chi connectivity index (χ0) is 15.0. The van der Waals surface area contributed by atoms with E-state index in [9.17, 15) is 9.59 Å². The van der Waals surface area contributed by atoms with E-state index in [0.29, 0.717) is 25.4 Å². The highest BCUT2D eigenvalue weighted by Gasteiger charge is 2.16. The van der Waals surface area contributed by atoms with Crippen molar-refractivity contribution < 1.29 is 14.0 Å². The molecule has 0 saturated carbocycles. The average molecular weight is 277 g/mol. The fourth-order valence-electron chi connectivity index (χ4n) is 1.54. The van der Waals surface area contributed by atoms with Gasteiger partial charge in [-0.15, -0.1) is 13.2 Å². The van der Waals surface area contributed by atoms with Crippen molar-refractivity contribution >= 4 is 11.8 Å². The topological polar surface area (TPSA) is 75.4 Å². The standard InChI is InChI=1S/C14H19N3O3/c1-4-7-15-14(19)11-10-20-12(16-11)9-17(8-5-2)13(18)6-3/h4-5,10H,1-2,6-9H2,3H3,(H,15,19). The number of hydrogen-bond donors (Lipinski definition) is 1. The van der Waals surface area contributed by atoms with Gasteiger partial charge in [0.2, 0.25) is 11.8 Å². The third-order valence-corrected chi connectivity index (χ3v) is 2.52. The van der Waals surface area contributed by atoms with E-state index in [0.717, 1.165) is 0 Å². The van der Waals surface area contributed by atoms with Gasteiger partial charge in [-0.1, -0.05) is 19.1 Å². The molecule has 6 heteroatoms. The molecule has 1 aromatic heterocycles. The van der Waals surface area contributed by atoms with Crippen molar-refractivity contribution in [2.75, 3.05) is 13.1 Å². The number of rotatable bonds is 8. The van der Waals surface area contributed by atoms with Gasteiger partial charge in [-0.3, -0.25) is 9.59 Å². The number of hydrogen-bond acceptors (Lipinski definition) is 4. The Balaban J connectivity index is 2.70. The summed E-state index contributed by atoms with van der Waals surface area (Å²) in [6, 6.07) is 0. The third-order valence-electron chi connectivity index (χ3n) is 2.52. The minimum Gasteiger partial charge on any atom is -0.446 e. The molecule has 0 aliphatic carbocycles. The Labute approximate surface area is 118 Å². The quantitative estimate of drug-likeness (QED) is 0.731. The van der Waals surface area contributed by atoms with E-state index in [-0.39, 0.29) is 24.1 Å². The highest BCUT2D eigenvalue weighted by molar-refractivity contribution is 5.91. The molecule has 20 heavy (non-hydrogen) atoms. The summed E-state index contributed by atoms with van der Waals surface area (Å²) in [6.45, 7) is 9.88. The maximum Gasteiger partial charge on any atom is 0.273 e. The van der Waals surface area contributed by atoms with Crippen LogP contribution >= 0.6 is 0 Å². The molecule has 1 aromatic rings. The molecule has 0 radical (unpaired) electrons. The van der Waals surface area contributed by atoms with Crippen molar-refractivity contribution in [3.05, 3.63) is 43.2 Å². The van der Waals surface area contributed by atoms with Crippen LogP contribution in [0, 0.1) is 0 Å². The van der Waals surface area contributed by atoms with Crippen LogP contribution in [0.5, 0.6) is 0 Å². The lowest BCUT2D eigenvalue weighted by Crippen LogP contribution is -2.30. The molecule has 0 fully saturated rings. The molecular weight excluding hydrogens is 258 g/mol. The lowest BCUT2D eigenvalue weighted by Gasteiger charge is -2.18. The number of amides is 2. The first kappa shape index (κ1) is 15.7. The summed E-state index contributed by atoms with van der Waals surface area (Å²) in [5.74, 6) is -0.0462. The summed E-state index contributed by atoms with van der Waals surface area (Å²) in [5.41, 5.74) is 0.185. The van der Waals surface area contributed by atoms with Gasteiger partial charge in [0, 0.05) is 19.5 Å². The van der Waals surface area contributed by atoms with Gasteiger partial charge in [-0.25, -0.2) is 4.98 Å². The molecule has 2 amide bonds. The number of aromatic nitrogens is 1. The fraction of sp³-hybridized carbons (Fsp3) is 0.357. The highest BCUT2D eigenvalue weighted by atomic mass is 16.3. The van der Waals surface area contributed by atoms with E-state index in [1.807, 2.05) is 0 Å². The van der Waals surface area contributed by atoms with Gasteiger partial charge in [0.05, 0.1) is 6.54 Å². The molecule has 1 rings (SSSR count). The van der Waals surface area contributed by atoms with E-state index in [1.165, 1.54) is 6.26 Å². The van der Waals surface area contributed by atoms with Gasteiger partial charge in [0.1, 0.15) is 6.26 Å². The SMILES string of the molecule is C=CCNC(=O)c1coc(CN(CC=C)C(=O)CC)n1. The largest absolute Gasteiger partial charge is 0.446 e. The normalized spacial score (nSPS) is 9.85. The van der Waals surface area contributed by atoms with Crippen molar-refractivity contribution in [3.63, 3.8) is 0 Å². The maximum atomic E-state index is 11.7. The molecule has 0 saturated heterocycles. The Morgan fingerprint density at radius 2 is 2.20 bits per heavy atom. The van der Waals surface area contributed by atoms with Crippen molar-refractivity contribution in [3.8, 4) is 0 Å². The van der Waals surface area contributed by atoms with E-state index in [1.54, 1.807) is 24.0 Å². The number of nitrogens with zero attached hydrogens (tertiary/aromatic N) is 2. The van der Waals surface area contributed by atoms with Crippen LogP contribution in [0.15, 0.2) is 36.0 Å². The zero-order valence-corrected chi connectivity index (χ0v) is 11.6. The van der Waals surface area contributed by atoms with Crippen LogP contribution in [0.2, 0.25) is 0 Å². The van der Waals surface area contributed by atoms with Crippen LogP contribution < -0.4 is 5.32 Å². The second-order valence-electron chi connectivity index (χ2n) is 4.04. The molecule has 0 unspecified atom stereocenters. The Morgan fingerprint density at radius 1 is 1.45 bits per heavy atom. The number of carbonyl (C=O) groups excluding carboxylic acids is 2. The van der Waals surface area contributed by atoms with Crippen LogP contribution in [0.4, 0.5) is 0 Å². The lowest BCUT2D eigenvalue weighted by molar-refractivity contribution is -0.131. The van der Waals surface area contributed by atoms with Gasteiger partial charge in [0.15, 0.2) is 5.69 Å². The molecule has 0 aliphatic rings. The molecular formula is C14H19N3O3. The molecule has 1 heterocycles. The van der Waals surface area contributed by atoms with Crippen LogP contribution in [-0.4, -0.2) is 34.8 Å². The summed E-state index contributed by atoms with van der Waals surface area (Å²) in [4.78, 5) is 29.0. The molecule has 0 aromatic carbocycles. The van der Waals surface area contributed by atoms with Crippen LogP contribution in [-0.2, 0) is 11.3 Å². The summed E-state index contributed by atoms with van der Waals surface area (Å²) in [7, 11) is 0. The monoisotopic (exact) mass is 277 g/mol. The van der Waals surface area contributed by atoms with E-state index < -0.39 is 0 Å². The summed E-state index contributed by atoms with van der Waals surface area (Å²) < 4.78 is 5.21. The number of oxazole rings is 1. The molecule has 0 bridgehead atoms. The minimum atomic E-state index is -0.336. The fourth-order valence-corrected chi connectivity index (χ4v) is 1.54. The minimum absolute atomic E-state index is 0.0271. The van der Waals surface area contributed by atoms with Gasteiger partial charge >= 0.3 is 0 Å². The maximum absolute atomic E-state index is 11.7. The first-order valence-corrected chi connectivity index (χ1v) is 6.34. The summed E-state index contributed by atoms with van der Waals surface area (Å²) >= 11 is 0. The summed E-state index contributed by atoms with van der Waals surface area (Å²) in [6.07, 6.45) is 4.87. The summed E-state index contributed by atoms with van der Waals surface area (Å²) in [5, 5.41) is 2.60. The highest BCUT2D eigenvalue weighted by Crippen LogP contribution is 2.07. The van der Waals surface area contributed by atoms with Gasteiger partial charge in [-0.05, 0) is 0 Å². The molecule has 108 valence electrons. The lowest BCUT2D eigenvalue weighted by atomic mass is 10.3. The van der Waals surface area contributed by atoms with Crippen LogP contribution in [0.3, 0.4) is 0 Å². The van der Waals surface area contributed by atoms with Crippen molar-refractivity contribution in [2.45, 2.75) is 19.9 Å². The first-order chi connectivity index (χ1) is 9.62. The number of carbonyl (C=O) groups is 2. The zero-order valence-electron chi connectivity index (χ0n) is 11.6. The van der Waals surface area contributed by atoms with Crippen molar-refractivity contribution in [2.24, 2.45) is 0 Å². The average Bonchev–Trinajstić information content (AvgIpc) is 2.92. The molecule has 0 aliphatic heterocycles. The van der Waals surface area contributed by atoms with Gasteiger partial charge in [-0.2, -0.15) is 0 Å². The predicted molar refractivity (Wildman–Crippen MR) is 74.9 cm³/mol. The second-order valence-corrected chi connectivity index (χ2v) is 4.04. The Kier molecular flexibility index (Phi) is 6.22. The predicted octanol–water partition coefficient (Wildman–Crippen LogP) is 1.51. The van der Waals surface area contributed by atoms with Gasteiger partial charge < -0.3 is 14.6 Å². The molecule has 0 spiro atoms. The smallest absolute Gasteiger partial charge is 0.273 e. The van der Waals surface area contributed by atoms with Crippen molar-refractivity contribution in [1.82, 2.24) is 15.2 Å². The molecule has 1 N–H and O–H groups in total. The first-order valence-electron chi connectivity index (χ1n) is 6.34. The van der Waals surface area contributed by atoms with E-state index in [2.05, 4.69) is 23.5 Å². The van der Waals surface area contributed by atoms with Crippen LogP contribution in [0.25, 0.3) is 0 Å². The molecule has 6 nitrogen and oxygen atoms in total. The third kappa shape index (κ3) is 4.38. The van der Waals surface area contributed by atoms with E-state index >= 15 is 0 Å². The van der Waals surface area contributed by atoms with E-state index in [4.69, 9.17) is 4.42 Å². The Hall–Kier alpha value is -2.37.